The molecule has 0 radical (unpaired) electrons. The van der Waals surface area contributed by atoms with Crippen molar-refractivity contribution in [3.63, 3.8) is 0 Å². The van der Waals surface area contributed by atoms with Crippen molar-refractivity contribution in [3.8, 4) is 11.5 Å². The maximum atomic E-state index is 12.6. The van der Waals surface area contributed by atoms with Crippen LogP contribution in [0.4, 0.5) is 0 Å². The standard InChI is InChI=1S/C23H26N2O4S/c1-15-12-18-21(13-16(15)2)30-23(25(18)10-11-27-3)24-22(26)9-7-17-6-8-19(28-4)20(14-17)29-5/h6-9,12-14H,10-11H2,1-5H3. The number of amides is 1. The Morgan fingerprint density at radius 3 is 2.50 bits per heavy atom. The predicted molar refractivity (Wildman–Crippen MR) is 120 cm³/mol. The quantitative estimate of drug-likeness (QED) is 0.533. The van der Waals surface area contributed by atoms with E-state index in [9.17, 15) is 4.79 Å². The number of carbonyl (C=O) groups excluding carboxylic acids is 1. The van der Waals surface area contributed by atoms with Crippen molar-refractivity contribution < 1.29 is 19.0 Å². The summed E-state index contributed by atoms with van der Waals surface area (Å²) >= 11 is 1.51. The number of aryl methyl sites for hydroxylation is 2. The van der Waals surface area contributed by atoms with E-state index in [4.69, 9.17) is 14.2 Å². The second-order valence-corrected chi connectivity index (χ2v) is 7.84. The molecule has 0 saturated heterocycles. The molecular formula is C23H26N2O4S. The molecule has 0 saturated carbocycles. The van der Waals surface area contributed by atoms with Gasteiger partial charge in [0, 0.05) is 19.7 Å². The summed E-state index contributed by atoms with van der Waals surface area (Å²) in [6.07, 6.45) is 3.18. The summed E-state index contributed by atoms with van der Waals surface area (Å²) in [5.41, 5.74) is 4.31. The molecule has 0 spiro atoms. The lowest BCUT2D eigenvalue weighted by molar-refractivity contribution is -0.113. The van der Waals surface area contributed by atoms with Gasteiger partial charge in [-0.3, -0.25) is 4.79 Å². The lowest BCUT2D eigenvalue weighted by atomic mass is 10.1. The minimum absolute atomic E-state index is 0.323. The van der Waals surface area contributed by atoms with Crippen molar-refractivity contribution >= 4 is 33.5 Å². The first-order chi connectivity index (χ1) is 14.5. The minimum Gasteiger partial charge on any atom is -0.493 e. The number of thiazole rings is 1. The molecule has 2 aromatic carbocycles. The number of ether oxygens (including phenoxy) is 3. The fraction of sp³-hybridized carbons (Fsp3) is 0.304. The smallest absolute Gasteiger partial charge is 0.272 e. The van der Waals surface area contributed by atoms with Crippen LogP contribution in [0.5, 0.6) is 11.5 Å². The summed E-state index contributed by atoms with van der Waals surface area (Å²) in [6, 6.07) is 9.75. The largest absolute Gasteiger partial charge is 0.493 e. The Morgan fingerprint density at radius 1 is 1.07 bits per heavy atom. The summed E-state index contributed by atoms with van der Waals surface area (Å²) in [5, 5.41) is 0. The van der Waals surface area contributed by atoms with Crippen molar-refractivity contribution in [2.24, 2.45) is 4.99 Å². The second kappa shape index (κ2) is 9.73. The third-order valence-electron chi connectivity index (χ3n) is 4.85. The molecule has 0 aliphatic heterocycles. The van der Waals surface area contributed by atoms with Crippen LogP contribution in [0.1, 0.15) is 16.7 Å². The average molecular weight is 427 g/mol. The van der Waals surface area contributed by atoms with Crippen molar-refractivity contribution in [3.05, 3.63) is 57.9 Å². The average Bonchev–Trinajstić information content (AvgIpc) is 3.06. The Bertz CT molecular complexity index is 1160. The van der Waals surface area contributed by atoms with Crippen LogP contribution in [0.2, 0.25) is 0 Å². The van der Waals surface area contributed by atoms with Gasteiger partial charge in [-0.15, -0.1) is 0 Å². The molecule has 0 aliphatic carbocycles. The van der Waals surface area contributed by atoms with Crippen molar-refractivity contribution in [2.75, 3.05) is 27.9 Å². The summed E-state index contributed by atoms with van der Waals surface area (Å²) in [7, 11) is 4.83. The van der Waals surface area contributed by atoms with Gasteiger partial charge >= 0.3 is 0 Å². The third kappa shape index (κ3) is 4.80. The molecule has 158 valence electrons. The third-order valence-corrected chi connectivity index (χ3v) is 5.89. The van der Waals surface area contributed by atoms with Crippen LogP contribution in [-0.4, -0.2) is 38.4 Å². The van der Waals surface area contributed by atoms with Crippen LogP contribution >= 0.6 is 11.3 Å². The van der Waals surface area contributed by atoms with Gasteiger partial charge in [0.15, 0.2) is 16.3 Å². The molecule has 0 bridgehead atoms. The summed E-state index contributed by atoms with van der Waals surface area (Å²) < 4.78 is 18.9. The summed E-state index contributed by atoms with van der Waals surface area (Å²) in [6.45, 7) is 5.34. The zero-order chi connectivity index (χ0) is 21.7. The molecule has 6 nitrogen and oxygen atoms in total. The molecule has 0 N–H and O–H groups in total. The maximum absolute atomic E-state index is 12.6. The van der Waals surface area contributed by atoms with Crippen LogP contribution < -0.4 is 14.3 Å². The predicted octanol–water partition coefficient (Wildman–Crippen LogP) is 4.12. The molecule has 3 rings (SSSR count). The van der Waals surface area contributed by atoms with Crippen molar-refractivity contribution in [1.82, 2.24) is 4.57 Å². The number of aromatic nitrogens is 1. The van der Waals surface area contributed by atoms with Crippen LogP contribution in [0.3, 0.4) is 0 Å². The van der Waals surface area contributed by atoms with Crippen molar-refractivity contribution in [1.29, 1.82) is 0 Å². The Labute approximate surface area is 180 Å². The van der Waals surface area contributed by atoms with Crippen LogP contribution in [0.15, 0.2) is 41.4 Å². The van der Waals surface area contributed by atoms with Gasteiger partial charge in [0.25, 0.3) is 5.91 Å². The minimum atomic E-state index is -0.323. The zero-order valence-corrected chi connectivity index (χ0v) is 18.7. The lowest BCUT2D eigenvalue weighted by Gasteiger charge is -2.07. The number of fused-ring (bicyclic) bond motifs is 1. The van der Waals surface area contributed by atoms with E-state index >= 15 is 0 Å². The molecule has 0 aliphatic rings. The van der Waals surface area contributed by atoms with Crippen molar-refractivity contribution in [2.45, 2.75) is 20.4 Å². The van der Waals surface area contributed by atoms with E-state index in [1.54, 1.807) is 33.5 Å². The summed E-state index contributed by atoms with van der Waals surface area (Å²) in [4.78, 5) is 17.6. The maximum Gasteiger partial charge on any atom is 0.272 e. The Hall–Kier alpha value is -2.90. The van der Waals surface area contributed by atoms with Gasteiger partial charge in [-0.1, -0.05) is 17.4 Å². The second-order valence-electron chi connectivity index (χ2n) is 6.83. The number of benzene rings is 2. The van der Waals surface area contributed by atoms with Crippen LogP contribution in [0, 0.1) is 13.8 Å². The van der Waals surface area contributed by atoms with E-state index in [0.717, 1.165) is 15.8 Å². The Balaban J connectivity index is 1.95. The van der Waals surface area contributed by atoms with Gasteiger partial charge < -0.3 is 18.8 Å². The molecule has 7 heteroatoms. The van der Waals surface area contributed by atoms with Crippen LogP contribution in [0.25, 0.3) is 16.3 Å². The number of hydrogen-bond acceptors (Lipinski definition) is 5. The normalized spacial score (nSPS) is 12.1. The molecule has 0 fully saturated rings. The highest BCUT2D eigenvalue weighted by Gasteiger charge is 2.09. The van der Waals surface area contributed by atoms with Gasteiger partial charge in [0.1, 0.15) is 0 Å². The highest BCUT2D eigenvalue weighted by Crippen LogP contribution is 2.28. The van der Waals surface area contributed by atoms with Gasteiger partial charge in [-0.05, 0) is 60.9 Å². The van der Waals surface area contributed by atoms with Gasteiger partial charge in [0.2, 0.25) is 0 Å². The molecule has 1 heterocycles. The van der Waals surface area contributed by atoms with E-state index in [1.807, 2.05) is 16.7 Å². The molecule has 3 aromatic rings. The lowest BCUT2D eigenvalue weighted by Crippen LogP contribution is -2.19. The van der Waals surface area contributed by atoms with E-state index in [1.165, 1.54) is 28.5 Å². The van der Waals surface area contributed by atoms with E-state index in [0.29, 0.717) is 29.5 Å². The van der Waals surface area contributed by atoms with E-state index < -0.39 is 0 Å². The number of rotatable bonds is 7. The van der Waals surface area contributed by atoms with Gasteiger partial charge in [0.05, 0.1) is 31.0 Å². The zero-order valence-electron chi connectivity index (χ0n) is 17.9. The summed E-state index contributed by atoms with van der Waals surface area (Å²) in [5.74, 6) is 0.924. The van der Waals surface area contributed by atoms with E-state index in [2.05, 4.69) is 31.0 Å². The Morgan fingerprint density at radius 2 is 1.80 bits per heavy atom. The highest BCUT2D eigenvalue weighted by molar-refractivity contribution is 7.16. The number of methoxy groups -OCH3 is 3. The number of hydrogen-bond donors (Lipinski definition) is 0. The molecular weight excluding hydrogens is 400 g/mol. The Kier molecular flexibility index (Phi) is 7.07. The fourth-order valence-corrected chi connectivity index (χ4v) is 4.20. The SMILES string of the molecule is COCCn1c(=NC(=O)C=Cc2ccc(OC)c(OC)c2)sc2cc(C)c(C)cc21. The number of nitrogens with zero attached hydrogens (tertiary/aromatic N) is 2. The van der Waals surface area contributed by atoms with E-state index in [-0.39, 0.29) is 5.91 Å². The highest BCUT2D eigenvalue weighted by atomic mass is 32.1. The fourth-order valence-electron chi connectivity index (χ4n) is 3.06. The molecule has 0 unspecified atom stereocenters. The first-order valence-corrected chi connectivity index (χ1v) is 10.4. The number of carbonyl (C=O) groups is 1. The molecule has 0 atom stereocenters. The van der Waals surface area contributed by atoms with Gasteiger partial charge in [-0.2, -0.15) is 4.99 Å². The molecule has 1 aromatic heterocycles. The topological polar surface area (TPSA) is 62.1 Å². The first-order valence-electron chi connectivity index (χ1n) is 9.55. The first kappa shape index (κ1) is 21.8. The molecule has 30 heavy (non-hydrogen) atoms. The molecule has 1 amide bonds. The monoisotopic (exact) mass is 426 g/mol. The van der Waals surface area contributed by atoms with Gasteiger partial charge in [-0.25, -0.2) is 0 Å². The van der Waals surface area contributed by atoms with Crippen LogP contribution in [-0.2, 0) is 16.1 Å².